The van der Waals surface area contributed by atoms with Crippen LogP contribution in [0, 0.1) is 5.82 Å². The predicted molar refractivity (Wildman–Crippen MR) is 62.9 cm³/mol. The summed E-state index contributed by atoms with van der Waals surface area (Å²) in [5, 5.41) is 2.55. The van der Waals surface area contributed by atoms with E-state index >= 15 is 0 Å². The fraction of sp³-hybridized carbons (Fsp3) is 0.364. The number of carbonyl (C=O) groups is 1. The summed E-state index contributed by atoms with van der Waals surface area (Å²) >= 11 is 5.58. The SMILES string of the molecule is CCC[C@@H](N)C(=O)Nc1ccc(F)c(Cl)c1. The maximum Gasteiger partial charge on any atom is 0.241 e. The average molecular weight is 245 g/mol. The van der Waals surface area contributed by atoms with E-state index in [9.17, 15) is 9.18 Å². The van der Waals surface area contributed by atoms with Gasteiger partial charge in [-0.15, -0.1) is 0 Å². The number of benzene rings is 1. The summed E-state index contributed by atoms with van der Waals surface area (Å²) in [6, 6.07) is 3.45. The minimum atomic E-state index is -0.547. The molecular formula is C11H14ClFN2O. The molecular weight excluding hydrogens is 231 g/mol. The first-order valence-corrected chi connectivity index (χ1v) is 5.44. The van der Waals surface area contributed by atoms with Gasteiger partial charge in [0.25, 0.3) is 0 Å². The zero-order chi connectivity index (χ0) is 12.1. The van der Waals surface area contributed by atoms with Crippen LogP contribution < -0.4 is 11.1 Å². The molecule has 1 amide bonds. The highest BCUT2D eigenvalue weighted by Gasteiger charge is 2.12. The number of hydrogen-bond acceptors (Lipinski definition) is 2. The van der Waals surface area contributed by atoms with Crippen molar-refractivity contribution in [3.63, 3.8) is 0 Å². The molecule has 0 aromatic heterocycles. The first-order valence-electron chi connectivity index (χ1n) is 5.06. The van der Waals surface area contributed by atoms with Crippen molar-refractivity contribution in [3.05, 3.63) is 29.0 Å². The Morgan fingerprint density at radius 3 is 2.88 bits per heavy atom. The summed E-state index contributed by atoms with van der Waals surface area (Å²) in [7, 11) is 0. The van der Waals surface area contributed by atoms with Crippen LogP contribution in [-0.4, -0.2) is 11.9 Å². The molecule has 1 atom stereocenters. The molecule has 16 heavy (non-hydrogen) atoms. The lowest BCUT2D eigenvalue weighted by Gasteiger charge is -2.11. The molecule has 3 N–H and O–H groups in total. The van der Waals surface area contributed by atoms with Gasteiger partial charge in [-0.2, -0.15) is 0 Å². The molecule has 0 unspecified atom stereocenters. The third-order valence-electron chi connectivity index (χ3n) is 2.12. The summed E-state index contributed by atoms with van der Waals surface area (Å²) in [6.07, 6.45) is 1.44. The van der Waals surface area contributed by atoms with Crippen LogP contribution in [0.15, 0.2) is 18.2 Å². The van der Waals surface area contributed by atoms with Gasteiger partial charge in [0.1, 0.15) is 5.82 Å². The van der Waals surface area contributed by atoms with E-state index in [1.165, 1.54) is 18.2 Å². The Bertz CT molecular complexity index is 384. The van der Waals surface area contributed by atoms with Gasteiger partial charge >= 0.3 is 0 Å². The number of anilines is 1. The highest BCUT2D eigenvalue weighted by molar-refractivity contribution is 6.31. The van der Waals surface area contributed by atoms with E-state index in [-0.39, 0.29) is 10.9 Å². The number of nitrogens with two attached hydrogens (primary N) is 1. The van der Waals surface area contributed by atoms with Gasteiger partial charge in [0, 0.05) is 5.69 Å². The van der Waals surface area contributed by atoms with Crippen molar-refractivity contribution in [3.8, 4) is 0 Å². The number of rotatable bonds is 4. The first kappa shape index (κ1) is 12.9. The van der Waals surface area contributed by atoms with E-state index in [1.54, 1.807) is 0 Å². The second kappa shape index (κ2) is 5.82. The lowest BCUT2D eigenvalue weighted by atomic mass is 10.1. The van der Waals surface area contributed by atoms with E-state index < -0.39 is 11.9 Å². The molecule has 1 aromatic carbocycles. The van der Waals surface area contributed by atoms with Crippen LogP contribution in [0.5, 0.6) is 0 Å². The molecule has 1 aromatic rings. The molecule has 0 bridgehead atoms. The molecule has 5 heteroatoms. The highest BCUT2D eigenvalue weighted by Crippen LogP contribution is 2.19. The number of hydrogen-bond donors (Lipinski definition) is 2. The summed E-state index contributed by atoms with van der Waals surface area (Å²) in [4.78, 5) is 11.5. The molecule has 0 aliphatic carbocycles. The molecule has 0 saturated carbocycles. The van der Waals surface area contributed by atoms with Gasteiger partial charge < -0.3 is 11.1 Å². The summed E-state index contributed by atoms with van der Waals surface area (Å²) < 4.78 is 12.8. The molecule has 3 nitrogen and oxygen atoms in total. The van der Waals surface area contributed by atoms with Crippen LogP contribution in [0.2, 0.25) is 5.02 Å². The van der Waals surface area contributed by atoms with Crippen molar-refractivity contribution >= 4 is 23.2 Å². The Morgan fingerprint density at radius 2 is 2.31 bits per heavy atom. The van der Waals surface area contributed by atoms with E-state index in [4.69, 9.17) is 17.3 Å². The van der Waals surface area contributed by atoms with E-state index in [0.29, 0.717) is 12.1 Å². The Hall–Kier alpha value is -1.13. The molecule has 0 fully saturated rings. The average Bonchev–Trinajstić information content (AvgIpc) is 2.24. The lowest BCUT2D eigenvalue weighted by molar-refractivity contribution is -0.117. The third kappa shape index (κ3) is 3.47. The lowest BCUT2D eigenvalue weighted by Crippen LogP contribution is -2.35. The van der Waals surface area contributed by atoms with Crippen LogP contribution in [0.25, 0.3) is 0 Å². The largest absolute Gasteiger partial charge is 0.325 e. The molecule has 0 aliphatic rings. The van der Waals surface area contributed by atoms with Gasteiger partial charge in [-0.1, -0.05) is 24.9 Å². The second-order valence-corrected chi connectivity index (χ2v) is 3.92. The summed E-state index contributed by atoms with van der Waals surface area (Å²) in [5.74, 6) is -0.804. The monoisotopic (exact) mass is 244 g/mol. The van der Waals surface area contributed by atoms with Crippen molar-refractivity contribution in [2.75, 3.05) is 5.32 Å². The maximum absolute atomic E-state index is 12.8. The van der Waals surface area contributed by atoms with Crippen molar-refractivity contribution in [1.29, 1.82) is 0 Å². The summed E-state index contributed by atoms with van der Waals surface area (Å²) in [6.45, 7) is 1.95. The Labute approximate surface area is 98.8 Å². The predicted octanol–water partition coefficient (Wildman–Crippen LogP) is 2.55. The molecule has 0 aliphatic heterocycles. The van der Waals surface area contributed by atoms with Crippen molar-refractivity contribution in [2.24, 2.45) is 5.73 Å². The Kier molecular flexibility index (Phi) is 4.71. The number of nitrogens with one attached hydrogen (secondary N) is 1. The quantitative estimate of drug-likeness (QED) is 0.855. The van der Waals surface area contributed by atoms with Crippen molar-refractivity contribution < 1.29 is 9.18 Å². The van der Waals surface area contributed by atoms with E-state index in [0.717, 1.165) is 6.42 Å². The van der Waals surface area contributed by atoms with Crippen molar-refractivity contribution in [1.82, 2.24) is 0 Å². The van der Waals surface area contributed by atoms with Gasteiger partial charge in [-0.25, -0.2) is 4.39 Å². The molecule has 1 rings (SSSR count). The van der Waals surface area contributed by atoms with Gasteiger partial charge in [0.05, 0.1) is 11.1 Å². The van der Waals surface area contributed by atoms with Gasteiger partial charge in [-0.3, -0.25) is 4.79 Å². The molecule has 0 saturated heterocycles. The van der Waals surface area contributed by atoms with Gasteiger partial charge in [0.2, 0.25) is 5.91 Å². The Balaban J connectivity index is 2.66. The Morgan fingerprint density at radius 1 is 1.62 bits per heavy atom. The van der Waals surface area contributed by atoms with Crippen LogP contribution in [0.1, 0.15) is 19.8 Å². The minimum absolute atomic E-state index is 0.0261. The topological polar surface area (TPSA) is 55.1 Å². The molecule has 0 radical (unpaired) electrons. The van der Waals surface area contributed by atoms with Crippen LogP contribution in [0.4, 0.5) is 10.1 Å². The zero-order valence-electron chi connectivity index (χ0n) is 8.97. The van der Waals surface area contributed by atoms with Crippen LogP contribution in [-0.2, 0) is 4.79 Å². The number of carbonyl (C=O) groups excluding carboxylic acids is 1. The standard InChI is InChI=1S/C11H14ClFN2O/c1-2-3-10(14)11(16)15-7-4-5-9(13)8(12)6-7/h4-6,10H,2-3,14H2,1H3,(H,15,16)/t10-/m1/s1. The van der Waals surface area contributed by atoms with Crippen molar-refractivity contribution in [2.45, 2.75) is 25.8 Å². The normalized spacial score (nSPS) is 12.2. The first-order chi connectivity index (χ1) is 7.54. The van der Waals surface area contributed by atoms with Crippen LogP contribution in [0.3, 0.4) is 0 Å². The van der Waals surface area contributed by atoms with Gasteiger partial charge in [-0.05, 0) is 24.6 Å². The summed E-state index contributed by atoms with van der Waals surface area (Å²) in [5.41, 5.74) is 6.07. The number of halogens is 2. The molecule has 0 heterocycles. The molecule has 0 spiro atoms. The third-order valence-corrected chi connectivity index (χ3v) is 2.41. The fourth-order valence-electron chi connectivity index (χ4n) is 1.25. The van der Waals surface area contributed by atoms with Crippen LogP contribution >= 0.6 is 11.6 Å². The minimum Gasteiger partial charge on any atom is -0.325 e. The maximum atomic E-state index is 12.8. The zero-order valence-corrected chi connectivity index (χ0v) is 9.72. The highest BCUT2D eigenvalue weighted by atomic mass is 35.5. The van der Waals surface area contributed by atoms with E-state index in [2.05, 4.69) is 5.32 Å². The molecule has 88 valence electrons. The van der Waals surface area contributed by atoms with Gasteiger partial charge in [0.15, 0.2) is 0 Å². The number of amides is 1. The smallest absolute Gasteiger partial charge is 0.241 e. The fourth-order valence-corrected chi connectivity index (χ4v) is 1.43. The van der Waals surface area contributed by atoms with E-state index in [1.807, 2.05) is 6.92 Å². The second-order valence-electron chi connectivity index (χ2n) is 3.51.